The molecule has 0 saturated carbocycles. The second kappa shape index (κ2) is 6.41. The Labute approximate surface area is 155 Å². The summed E-state index contributed by atoms with van der Waals surface area (Å²) in [6.45, 7) is 2.04. The van der Waals surface area contributed by atoms with E-state index in [4.69, 9.17) is 17.4 Å². The number of nitrogen functional groups attached to an aromatic ring is 2. The molecule has 8 heteroatoms. The number of hydrogen-bond acceptors (Lipinski definition) is 7. The molecule has 0 spiro atoms. The first-order valence-corrected chi connectivity index (χ1v) is 8.28. The van der Waals surface area contributed by atoms with E-state index in [0.29, 0.717) is 11.4 Å². The zero-order valence-corrected chi connectivity index (χ0v) is 14.7. The van der Waals surface area contributed by atoms with Gasteiger partial charge in [-0.25, -0.2) is 9.66 Å². The zero-order valence-electron chi connectivity index (χ0n) is 14.7. The number of nitrogens with two attached hydrogens (primary N) is 3. The summed E-state index contributed by atoms with van der Waals surface area (Å²) >= 11 is 0. The highest BCUT2D eigenvalue weighted by atomic mass is 15.3. The number of fused-ring (bicyclic) bond motifs is 1. The van der Waals surface area contributed by atoms with Gasteiger partial charge in [-0.3, -0.25) is 9.97 Å². The van der Waals surface area contributed by atoms with Crippen molar-refractivity contribution < 1.29 is 0 Å². The molecular formula is C19H18N8. The lowest BCUT2D eigenvalue weighted by Gasteiger charge is -2.16. The number of aromatic nitrogens is 4. The van der Waals surface area contributed by atoms with Gasteiger partial charge in [0.2, 0.25) is 5.49 Å². The van der Waals surface area contributed by atoms with E-state index in [9.17, 15) is 0 Å². The van der Waals surface area contributed by atoms with Crippen LogP contribution in [0, 0.1) is 6.92 Å². The maximum absolute atomic E-state index is 6.33. The third-order valence-corrected chi connectivity index (χ3v) is 4.44. The second-order valence-electron chi connectivity index (χ2n) is 6.12. The molecule has 4 aromatic rings. The molecular weight excluding hydrogens is 340 g/mol. The maximum atomic E-state index is 6.33. The number of benzene rings is 1. The minimum Gasteiger partial charge on any atom is -0.380 e. The fourth-order valence-corrected chi connectivity index (χ4v) is 3.11. The number of hydrogen-bond donors (Lipinski definition) is 3. The Hall–Kier alpha value is -3.94. The number of rotatable bonds is 2. The summed E-state index contributed by atoms with van der Waals surface area (Å²) in [6.07, 6.45) is 5.19. The van der Waals surface area contributed by atoms with Crippen LogP contribution in [0.15, 0.2) is 60.1 Å². The normalized spacial score (nSPS) is 11.8. The molecule has 6 N–H and O–H groups in total. The van der Waals surface area contributed by atoms with Gasteiger partial charge < -0.3 is 17.4 Å². The summed E-state index contributed by atoms with van der Waals surface area (Å²) in [5, 5.41) is 4.72. The summed E-state index contributed by atoms with van der Waals surface area (Å²) in [5.74, 6) is 12.0. The highest BCUT2D eigenvalue weighted by Gasteiger charge is 2.17. The molecule has 0 unspecified atom stereocenters. The zero-order chi connectivity index (χ0) is 19.0. The largest absolute Gasteiger partial charge is 0.380 e. The Bertz CT molecular complexity index is 1210. The quantitative estimate of drug-likeness (QED) is 0.367. The minimum atomic E-state index is 0.140. The predicted octanol–water partition coefficient (Wildman–Crippen LogP) is 1.54. The Morgan fingerprint density at radius 1 is 1.07 bits per heavy atom. The molecule has 0 aliphatic carbocycles. The average Bonchev–Trinajstić information content (AvgIpc) is 2.69. The standard InChI is InChI=1S/C19H18N8/c1-11-6-8-24-15-5-4-12(9-14(11)15)17-16(13-3-2-7-23-10-13)25-18(20)19(26-21)27(17)22/h2-10H,21-22H2,1H3,(H2,20,25)/b26-19-. The fourth-order valence-electron chi connectivity index (χ4n) is 3.11. The van der Waals surface area contributed by atoms with Gasteiger partial charge in [0.1, 0.15) is 5.69 Å². The van der Waals surface area contributed by atoms with Gasteiger partial charge in [0.25, 0.3) is 0 Å². The van der Waals surface area contributed by atoms with E-state index in [1.807, 2.05) is 43.3 Å². The first kappa shape index (κ1) is 16.5. The molecule has 27 heavy (non-hydrogen) atoms. The van der Waals surface area contributed by atoms with Crippen LogP contribution in [0.2, 0.25) is 0 Å². The minimum absolute atomic E-state index is 0.140. The number of pyridine rings is 2. The van der Waals surface area contributed by atoms with Crippen LogP contribution in [0.1, 0.15) is 5.56 Å². The molecule has 0 saturated heterocycles. The molecule has 0 fully saturated rings. The van der Waals surface area contributed by atoms with E-state index in [-0.39, 0.29) is 11.3 Å². The van der Waals surface area contributed by atoms with Gasteiger partial charge in [0.15, 0.2) is 5.82 Å². The van der Waals surface area contributed by atoms with Crippen molar-refractivity contribution in [1.29, 1.82) is 0 Å². The van der Waals surface area contributed by atoms with Gasteiger partial charge in [-0.1, -0.05) is 6.07 Å². The van der Waals surface area contributed by atoms with Crippen molar-refractivity contribution in [2.75, 3.05) is 11.6 Å². The molecule has 4 rings (SSSR count). The van der Waals surface area contributed by atoms with Gasteiger partial charge in [0.05, 0.1) is 11.2 Å². The smallest absolute Gasteiger partial charge is 0.213 e. The topological polar surface area (TPSA) is 134 Å². The van der Waals surface area contributed by atoms with Gasteiger partial charge in [0, 0.05) is 35.1 Å². The van der Waals surface area contributed by atoms with Crippen LogP contribution in [0.25, 0.3) is 33.4 Å². The number of nitrogens with zero attached hydrogens (tertiary/aromatic N) is 5. The van der Waals surface area contributed by atoms with E-state index in [0.717, 1.165) is 27.6 Å². The summed E-state index contributed by atoms with van der Waals surface area (Å²) < 4.78 is 1.36. The van der Waals surface area contributed by atoms with E-state index in [1.165, 1.54) is 4.68 Å². The molecule has 0 aliphatic rings. The van der Waals surface area contributed by atoms with Crippen molar-refractivity contribution in [3.63, 3.8) is 0 Å². The lowest BCUT2D eigenvalue weighted by Crippen LogP contribution is -2.34. The monoisotopic (exact) mass is 358 g/mol. The lowest BCUT2D eigenvalue weighted by atomic mass is 10.0. The third-order valence-electron chi connectivity index (χ3n) is 4.44. The number of anilines is 1. The summed E-state index contributed by atoms with van der Waals surface area (Å²) in [4.78, 5) is 13.1. The van der Waals surface area contributed by atoms with Crippen molar-refractivity contribution in [2.24, 2.45) is 10.9 Å². The summed E-state index contributed by atoms with van der Waals surface area (Å²) in [7, 11) is 0. The highest BCUT2D eigenvalue weighted by molar-refractivity contribution is 5.89. The molecule has 1 aromatic carbocycles. The Kier molecular flexibility index (Phi) is 3.92. The van der Waals surface area contributed by atoms with Crippen molar-refractivity contribution in [3.05, 3.63) is 66.0 Å². The van der Waals surface area contributed by atoms with Crippen molar-refractivity contribution >= 4 is 16.7 Å². The SMILES string of the molecule is Cc1ccnc2ccc(-c3c(-c4cccnc4)nc(N)/c(=N/N)n3N)cc12. The van der Waals surface area contributed by atoms with E-state index >= 15 is 0 Å². The van der Waals surface area contributed by atoms with Gasteiger partial charge >= 0.3 is 0 Å². The molecule has 0 radical (unpaired) electrons. The molecule has 134 valence electrons. The Morgan fingerprint density at radius 2 is 1.93 bits per heavy atom. The van der Waals surface area contributed by atoms with E-state index in [2.05, 4.69) is 20.1 Å². The maximum Gasteiger partial charge on any atom is 0.213 e. The Balaban J connectivity index is 2.09. The van der Waals surface area contributed by atoms with Crippen LogP contribution < -0.4 is 22.9 Å². The van der Waals surface area contributed by atoms with Crippen LogP contribution in [0.5, 0.6) is 0 Å². The second-order valence-corrected chi connectivity index (χ2v) is 6.12. The number of aryl methyl sites for hydroxylation is 1. The predicted molar refractivity (Wildman–Crippen MR) is 105 cm³/mol. The van der Waals surface area contributed by atoms with Crippen LogP contribution in [0.3, 0.4) is 0 Å². The average molecular weight is 358 g/mol. The first-order valence-electron chi connectivity index (χ1n) is 8.28. The van der Waals surface area contributed by atoms with Crippen LogP contribution in [-0.2, 0) is 0 Å². The molecule has 0 atom stereocenters. The van der Waals surface area contributed by atoms with Crippen LogP contribution in [-0.4, -0.2) is 19.6 Å². The lowest BCUT2D eigenvalue weighted by molar-refractivity contribution is 0.871. The van der Waals surface area contributed by atoms with Crippen LogP contribution >= 0.6 is 0 Å². The van der Waals surface area contributed by atoms with Crippen molar-refractivity contribution in [3.8, 4) is 22.5 Å². The molecule has 0 bridgehead atoms. The molecule has 3 heterocycles. The molecule has 0 amide bonds. The van der Waals surface area contributed by atoms with Crippen molar-refractivity contribution in [2.45, 2.75) is 6.92 Å². The molecule has 0 aliphatic heterocycles. The van der Waals surface area contributed by atoms with E-state index < -0.39 is 0 Å². The van der Waals surface area contributed by atoms with Gasteiger partial charge in [-0.2, -0.15) is 5.10 Å². The highest BCUT2D eigenvalue weighted by Crippen LogP contribution is 2.31. The van der Waals surface area contributed by atoms with Crippen LogP contribution in [0.4, 0.5) is 5.82 Å². The third kappa shape index (κ3) is 2.73. The first-order chi connectivity index (χ1) is 13.1. The fraction of sp³-hybridized carbons (Fsp3) is 0.0526. The Morgan fingerprint density at radius 3 is 2.67 bits per heavy atom. The van der Waals surface area contributed by atoms with E-state index in [1.54, 1.807) is 18.6 Å². The molecule has 3 aromatic heterocycles. The molecule has 8 nitrogen and oxygen atoms in total. The van der Waals surface area contributed by atoms with Gasteiger partial charge in [-0.05, 0) is 42.8 Å². The van der Waals surface area contributed by atoms with Crippen molar-refractivity contribution in [1.82, 2.24) is 19.6 Å². The summed E-state index contributed by atoms with van der Waals surface area (Å²) in [5.41, 5.74) is 11.1. The summed E-state index contributed by atoms with van der Waals surface area (Å²) in [6, 6.07) is 11.6. The van der Waals surface area contributed by atoms with Gasteiger partial charge in [-0.15, -0.1) is 0 Å².